The second-order valence-electron chi connectivity index (χ2n) is 6.93. The molecule has 0 spiro atoms. The predicted octanol–water partition coefficient (Wildman–Crippen LogP) is 4.43. The zero-order valence-electron chi connectivity index (χ0n) is 16.4. The minimum atomic E-state index is -0.544. The number of nitrogens with one attached hydrogen (secondary N) is 1. The third-order valence-electron chi connectivity index (χ3n) is 4.99. The fourth-order valence-electron chi connectivity index (χ4n) is 3.47. The van der Waals surface area contributed by atoms with Gasteiger partial charge in [-0.15, -0.1) is 0 Å². The summed E-state index contributed by atoms with van der Waals surface area (Å²) in [6, 6.07) is 16.3. The standard InChI is InChI=1S/C22H24N4O3/c1-2-28-22(27)20-21(24-25-23-20)29-19-12-8-17(9-13-19)16-6-10-18(11-7-16)26-14-4-3-5-15-26/h6-13H,2-5,14-15H2,1H3,(H,23,24,25). The summed E-state index contributed by atoms with van der Waals surface area (Å²) in [5, 5.41) is 9.96. The zero-order valence-corrected chi connectivity index (χ0v) is 16.4. The Kier molecular flexibility index (Phi) is 5.74. The first-order valence-electron chi connectivity index (χ1n) is 9.96. The van der Waals surface area contributed by atoms with E-state index in [1.165, 1.54) is 24.9 Å². The summed E-state index contributed by atoms with van der Waals surface area (Å²) in [6.45, 7) is 4.28. The number of carbonyl (C=O) groups excluding carboxylic acids is 1. The van der Waals surface area contributed by atoms with Crippen LogP contribution in [-0.4, -0.2) is 41.1 Å². The van der Waals surface area contributed by atoms with Crippen molar-refractivity contribution < 1.29 is 14.3 Å². The van der Waals surface area contributed by atoms with E-state index in [-0.39, 0.29) is 18.2 Å². The second-order valence-corrected chi connectivity index (χ2v) is 6.93. The summed E-state index contributed by atoms with van der Waals surface area (Å²) in [4.78, 5) is 14.3. The number of H-pyrrole nitrogens is 1. The van der Waals surface area contributed by atoms with E-state index in [4.69, 9.17) is 9.47 Å². The van der Waals surface area contributed by atoms with Gasteiger partial charge < -0.3 is 14.4 Å². The van der Waals surface area contributed by atoms with Gasteiger partial charge >= 0.3 is 5.97 Å². The van der Waals surface area contributed by atoms with Crippen molar-refractivity contribution in [1.29, 1.82) is 0 Å². The number of aromatic amines is 1. The second kappa shape index (κ2) is 8.77. The number of nitrogens with zero attached hydrogens (tertiary/aromatic N) is 3. The van der Waals surface area contributed by atoms with E-state index in [1.807, 2.05) is 24.3 Å². The van der Waals surface area contributed by atoms with E-state index in [2.05, 4.69) is 44.6 Å². The number of hydrogen-bond donors (Lipinski definition) is 1. The van der Waals surface area contributed by atoms with Crippen molar-refractivity contribution in [1.82, 2.24) is 15.4 Å². The molecule has 7 nitrogen and oxygen atoms in total. The molecule has 2 aromatic carbocycles. The van der Waals surface area contributed by atoms with Gasteiger partial charge in [0.15, 0.2) is 0 Å². The highest BCUT2D eigenvalue weighted by Crippen LogP contribution is 2.28. The van der Waals surface area contributed by atoms with Crippen LogP contribution < -0.4 is 9.64 Å². The number of piperidine rings is 1. The van der Waals surface area contributed by atoms with Crippen molar-refractivity contribution in [3.8, 4) is 22.8 Å². The molecule has 7 heteroatoms. The molecule has 2 heterocycles. The van der Waals surface area contributed by atoms with Crippen molar-refractivity contribution in [3.63, 3.8) is 0 Å². The van der Waals surface area contributed by atoms with Crippen molar-refractivity contribution >= 4 is 11.7 Å². The Morgan fingerprint density at radius 3 is 2.31 bits per heavy atom. The molecule has 1 aromatic heterocycles. The molecular formula is C22H24N4O3. The smallest absolute Gasteiger partial charge is 0.362 e. The van der Waals surface area contributed by atoms with Gasteiger partial charge in [0.1, 0.15) is 5.75 Å². The predicted molar refractivity (Wildman–Crippen MR) is 110 cm³/mol. The zero-order chi connectivity index (χ0) is 20.1. The number of aromatic nitrogens is 3. The maximum atomic E-state index is 11.9. The highest BCUT2D eigenvalue weighted by atomic mass is 16.5. The quantitative estimate of drug-likeness (QED) is 0.625. The van der Waals surface area contributed by atoms with Crippen molar-refractivity contribution in [2.24, 2.45) is 0 Å². The Hall–Kier alpha value is -3.35. The molecule has 29 heavy (non-hydrogen) atoms. The lowest BCUT2D eigenvalue weighted by Gasteiger charge is -2.28. The first-order chi connectivity index (χ1) is 14.2. The van der Waals surface area contributed by atoms with Crippen LogP contribution in [0.1, 0.15) is 36.7 Å². The molecule has 1 saturated heterocycles. The van der Waals surface area contributed by atoms with Gasteiger partial charge in [-0.1, -0.05) is 34.6 Å². The van der Waals surface area contributed by atoms with E-state index in [0.29, 0.717) is 5.75 Å². The van der Waals surface area contributed by atoms with E-state index < -0.39 is 5.97 Å². The van der Waals surface area contributed by atoms with Gasteiger partial charge in [0.25, 0.3) is 5.88 Å². The van der Waals surface area contributed by atoms with Gasteiger partial charge in [-0.05, 0) is 61.6 Å². The van der Waals surface area contributed by atoms with E-state index in [1.54, 1.807) is 6.92 Å². The molecule has 4 rings (SSSR count). The number of esters is 1. The van der Waals surface area contributed by atoms with Crippen molar-refractivity contribution in [2.45, 2.75) is 26.2 Å². The van der Waals surface area contributed by atoms with Crippen LogP contribution in [0.25, 0.3) is 11.1 Å². The first kappa shape index (κ1) is 19.0. The van der Waals surface area contributed by atoms with E-state index in [9.17, 15) is 4.79 Å². The molecule has 1 fully saturated rings. The average Bonchev–Trinajstić information content (AvgIpc) is 3.23. The molecular weight excluding hydrogens is 368 g/mol. The molecule has 0 aliphatic carbocycles. The molecule has 0 bridgehead atoms. The molecule has 3 aromatic rings. The molecule has 1 aliphatic heterocycles. The van der Waals surface area contributed by atoms with Crippen LogP contribution in [0.5, 0.6) is 11.6 Å². The van der Waals surface area contributed by atoms with Crippen LogP contribution in [0.15, 0.2) is 48.5 Å². The maximum Gasteiger partial charge on any atom is 0.362 e. The van der Waals surface area contributed by atoms with E-state index >= 15 is 0 Å². The normalized spacial score (nSPS) is 13.9. The lowest BCUT2D eigenvalue weighted by molar-refractivity contribution is 0.0516. The van der Waals surface area contributed by atoms with E-state index in [0.717, 1.165) is 24.2 Å². The van der Waals surface area contributed by atoms with Gasteiger partial charge in [-0.2, -0.15) is 0 Å². The molecule has 0 radical (unpaired) electrons. The first-order valence-corrected chi connectivity index (χ1v) is 9.96. The van der Waals surface area contributed by atoms with Crippen LogP contribution in [0, 0.1) is 0 Å². The molecule has 0 saturated carbocycles. The number of ether oxygens (including phenoxy) is 2. The molecule has 0 atom stereocenters. The van der Waals surface area contributed by atoms with Gasteiger partial charge in [-0.3, -0.25) is 0 Å². The van der Waals surface area contributed by atoms with Crippen LogP contribution in [-0.2, 0) is 4.74 Å². The molecule has 0 unspecified atom stereocenters. The Morgan fingerprint density at radius 2 is 1.66 bits per heavy atom. The van der Waals surface area contributed by atoms with Gasteiger partial charge in [0.05, 0.1) is 6.61 Å². The van der Waals surface area contributed by atoms with Crippen LogP contribution >= 0.6 is 0 Å². The van der Waals surface area contributed by atoms with Crippen LogP contribution in [0.4, 0.5) is 5.69 Å². The highest BCUT2D eigenvalue weighted by Gasteiger charge is 2.19. The summed E-state index contributed by atoms with van der Waals surface area (Å²) in [7, 11) is 0. The van der Waals surface area contributed by atoms with Crippen molar-refractivity contribution in [2.75, 3.05) is 24.6 Å². The van der Waals surface area contributed by atoms with Crippen LogP contribution in [0.2, 0.25) is 0 Å². The minimum Gasteiger partial charge on any atom is -0.461 e. The number of carbonyl (C=O) groups is 1. The van der Waals surface area contributed by atoms with Gasteiger partial charge in [0.2, 0.25) is 5.69 Å². The third-order valence-corrected chi connectivity index (χ3v) is 4.99. The highest BCUT2D eigenvalue weighted by molar-refractivity contribution is 5.89. The SMILES string of the molecule is CCOC(=O)c1[nH]nnc1Oc1ccc(-c2ccc(N3CCCCC3)cc2)cc1. The van der Waals surface area contributed by atoms with Crippen molar-refractivity contribution in [3.05, 3.63) is 54.2 Å². The third kappa shape index (κ3) is 4.39. The summed E-state index contributed by atoms with van der Waals surface area (Å²) < 4.78 is 10.7. The Balaban J connectivity index is 1.44. The number of benzene rings is 2. The maximum absolute atomic E-state index is 11.9. The minimum absolute atomic E-state index is 0.0992. The monoisotopic (exact) mass is 392 g/mol. The molecule has 0 amide bonds. The molecule has 1 N–H and O–H groups in total. The lowest BCUT2D eigenvalue weighted by atomic mass is 10.0. The number of rotatable bonds is 6. The summed E-state index contributed by atoms with van der Waals surface area (Å²) in [5.41, 5.74) is 3.62. The van der Waals surface area contributed by atoms with Gasteiger partial charge in [-0.25, -0.2) is 9.89 Å². The largest absolute Gasteiger partial charge is 0.461 e. The van der Waals surface area contributed by atoms with Gasteiger partial charge in [0, 0.05) is 18.8 Å². The topological polar surface area (TPSA) is 80.3 Å². The molecule has 150 valence electrons. The molecule has 1 aliphatic rings. The average molecular weight is 392 g/mol. The Labute approximate surface area is 169 Å². The lowest BCUT2D eigenvalue weighted by Crippen LogP contribution is -2.29. The summed E-state index contributed by atoms with van der Waals surface area (Å²) in [5.74, 6) is 0.123. The Bertz CT molecular complexity index is 945. The number of hydrogen-bond acceptors (Lipinski definition) is 6. The fraction of sp³-hybridized carbons (Fsp3) is 0.318. The van der Waals surface area contributed by atoms with Crippen LogP contribution in [0.3, 0.4) is 0 Å². The number of anilines is 1. The summed E-state index contributed by atoms with van der Waals surface area (Å²) in [6.07, 6.45) is 3.87. The summed E-state index contributed by atoms with van der Waals surface area (Å²) >= 11 is 0. The Morgan fingerprint density at radius 1 is 1.00 bits per heavy atom. The fourth-order valence-corrected chi connectivity index (χ4v) is 3.47.